The number of rotatable bonds is 3. The molecule has 2 aliphatic carbocycles. The normalized spacial score (nSPS) is 14.7. The summed E-state index contributed by atoms with van der Waals surface area (Å²) in [5.74, 6) is 0.212. The first kappa shape index (κ1) is 20.0. The maximum absolute atomic E-state index is 2.39. The molecule has 2 aliphatic rings. The first-order valence-electron chi connectivity index (χ1n) is 12.2. The molecule has 0 saturated carbocycles. The van der Waals surface area contributed by atoms with Crippen LogP contribution in [0.1, 0.15) is 39.3 Å². The van der Waals surface area contributed by atoms with Crippen molar-refractivity contribution in [2.24, 2.45) is 0 Å². The highest BCUT2D eigenvalue weighted by Crippen LogP contribution is 2.37. The molecular weight excluding hydrogens is 420 g/mol. The van der Waals surface area contributed by atoms with Gasteiger partial charge in [-0.15, -0.1) is 0 Å². The Morgan fingerprint density at radius 1 is 0.543 bits per heavy atom. The van der Waals surface area contributed by atoms with Crippen LogP contribution in [0.2, 0.25) is 0 Å². The largest absolute Gasteiger partial charge is 0.0720 e. The predicted molar refractivity (Wildman–Crippen MR) is 145 cm³/mol. The van der Waals surface area contributed by atoms with Gasteiger partial charge in [-0.05, 0) is 65.9 Å². The minimum atomic E-state index is 0.212. The molecule has 164 valence electrons. The molecule has 0 aliphatic heterocycles. The third-order valence-electron chi connectivity index (χ3n) is 7.34. The Morgan fingerprint density at radius 3 is 1.97 bits per heavy atom. The molecule has 0 heteroatoms. The minimum Gasteiger partial charge on any atom is -0.0720 e. The zero-order chi connectivity index (χ0) is 23.2. The monoisotopic (exact) mass is 444 g/mol. The molecule has 5 aromatic rings. The third kappa shape index (κ3) is 3.22. The molecule has 1 unspecified atom stereocenters. The highest BCUT2D eigenvalue weighted by molar-refractivity contribution is 5.82. The molecule has 0 nitrogen and oxygen atoms in total. The standard InChI is InChI=1S/C35H24/c1-3-12-25(13-4-1)34(26-14-5-2-6-15-26)32-22-21-30-29-18-10-8-16-27(29)23-33(30)35(32)31-20-19-24-11-7-9-17-28(24)31/h1-23,31H. The highest BCUT2D eigenvalue weighted by Gasteiger charge is 2.24. The fourth-order valence-corrected chi connectivity index (χ4v) is 5.79. The number of hydrogen-bond donors (Lipinski definition) is 0. The number of hydrogen-bond acceptors (Lipinski definition) is 0. The summed E-state index contributed by atoms with van der Waals surface area (Å²) in [5.41, 5.74) is 9.20. The van der Waals surface area contributed by atoms with Crippen molar-refractivity contribution in [2.45, 2.75) is 5.92 Å². The van der Waals surface area contributed by atoms with E-state index in [2.05, 4.69) is 140 Å². The van der Waals surface area contributed by atoms with Crippen molar-refractivity contribution in [2.75, 3.05) is 0 Å². The van der Waals surface area contributed by atoms with Crippen molar-refractivity contribution in [1.82, 2.24) is 0 Å². The Morgan fingerprint density at radius 2 is 1.20 bits per heavy atom. The first-order valence-corrected chi connectivity index (χ1v) is 12.2. The van der Waals surface area contributed by atoms with Gasteiger partial charge in [0.05, 0.1) is 0 Å². The minimum absolute atomic E-state index is 0.212. The SMILES string of the molecule is C1=CC(c2c3c(ccc2=C(c2ccccc2)c2ccccc2)=c2ccccc2=C3)c2ccccc21. The van der Waals surface area contributed by atoms with E-state index in [1.807, 2.05) is 0 Å². The van der Waals surface area contributed by atoms with Crippen LogP contribution >= 0.6 is 0 Å². The van der Waals surface area contributed by atoms with Gasteiger partial charge in [0.1, 0.15) is 0 Å². The topological polar surface area (TPSA) is 0 Å². The van der Waals surface area contributed by atoms with E-state index in [-0.39, 0.29) is 5.92 Å². The van der Waals surface area contributed by atoms with Gasteiger partial charge in [0.25, 0.3) is 0 Å². The van der Waals surface area contributed by atoms with Crippen LogP contribution in [0, 0.1) is 10.4 Å². The molecule has 0 bridgehead atoms. The molecule has 1 atom stereocenters. The van der Waals surface area contributed by atoms with Gasteiger partial charge in [0, 0.05) is 5.92 Å². The fourth-order valence-electron chi connectivity index (χ4n) is 5.79. The Kier molecular flexibility index (Phi) is 4.63. The number of allylic oxidation sites excluding steroid dienone is 1. The molecule has 0 N–H and O–H groups in total. The lowest BCUT2D eigenvalue weighted by Gasteiger charge is -2.19. The molecule has 0 heterocycles. The molecular formula is C35H24. The smallest absolute Gasteiger partial charge is 0.0291 e. The summed E-state index contributed by atoms with van der Waals surface area (Å²) in [4.78, 5) is 0. The van der Waals surface area contributed by atoms with Gasteiger partial charge in [0.2, 0.25) is 0 Å². The van der Waals surface area contributed by atoms with Gasteiger partial charge < -0.3 is 0 Å². The van der Waals surface area contributed by atoms with Gasteiger partial charge in [-0.25, -0.2) is 0 Å². The molecule has 0 amide bonds. The summed E-state index contributed by atoms with van der Waals surface area (Å²) in [6.07, 6.45) is 7.07. The number of benzene rings is 5. The molecule has 0 saturated heterocycles. The van der Waals surface area contributed by atoms with E-state index in [0.717, 1.165) is 0 Å². The molecule has 0 spiro atoms. The van der Waals surface area contributed by atoms with E-state index in [1.165, 1.54) is 59.8 Å². The van der Waals surface area contributed by atoms with Crippen molar-refractivity contribution >= 4 is 17.7 Å². The zero-order valence-electron chi connectivity index (χ0n) is 19.4. The van der Waals surface area contributed by atoms with Gasteiger partial charge in [-0.2, -0.15) is 0 Å². The Bertz CT molecular complexity index is 1780. The summed E-state index contributed by atoms with van der Waals surface area (Å²) in [6.45, 7) is 0. The second kappa shape index (κ2) is 8.11. The van der Waals surface area contributed by atoms with Crippen LogP contribution in [-0.2, 0) is 0 Å². The van der Waals surface area contributed by atoms with Crippen LogP contribution in [0.15, 0.2) is 127 Å². The van der Waals surface area contributed by atoms with Crippen LogP contribution in [0.4, 0.5) is 0 Å². The predicted octanol–water partition coefficient (Wildman–Crippen LogP) is 6.52. The maximum Gasteiger partial charge on any atom is 0.0291 e. The summed E-state index contributed by atoms with van der Waals surface area (Å²) in [5, 5.41) is 5.26. The highest BCUT2D eigenvalue weighted by atomic mass is 14.3. The van der Waals surface area contributed by atoms with Crippen LogP contribution in [0.3, 0.4) is 0 Å². The van der Waals surface area contributed by atoms with Crippen molar-refractivity contribution in [3.8, 4) is 0 Å². The lowest BCUT2D eigenvalue weighted by atomic mass is 9.84. The second-order valence-corrected chi connectivity index (χ2v) is 9.29. The van der Waals surface area contributed by atoms with Gasteiger partial charge in [0.15, 0.2) is 0 Å². The molecule has 0 aromatic heterocycles. The van der Waals surface area contributed by atoms with E-state index < -0.39 is 0 Å². The van der Waals surface area contributed by atoms with Crippen LogP contribution in [0.5, 0.6) is 0 Å². The second-order valence-electron chi connectivity index (χ2n) is 9.29. The summed E-state index contributed by atoms with van der Waals surface area (Å²) in [7, 11) is 0. The summed E-state index contributed by atoms with van der Waals surface area (Å²) < 4.78 is 0. The molecule has 0 radical (unpaired) electrons. The van der Waals surface area contributed by atoms with Crippen LogP contribution in [-0.4, -0.2) is 0 Å². The molecule has 5 aromatic carbocycles. The van der Waals surface area contributed by atoms with E-state index in [0.29, 0.717) is 0 Å². The Hall–Kier alpha value is -4.42. The van der Waals surface area contributed by atoms with Gasteiger partial charge >= 0.3 is 0 Å². The van der Waals surface area contributed by atoms with Crippen LogP contribution < -0.4 is 10.4 Å². The van der Waals surface area contributed by atoms with E-state index in [4.69, 9.17) is 0 Å². The van der Waals surface area contributed by atoms with Crippen molar-refractivity contribution in [3.05, 3.63) is 182 Å². The van der Waals surface area contributed by atoms with Crippen LogP contribution in [0.25, 0.3) is 17.7 Å². The van der Waals surface area contributed by atoms with Crippen molar-refractivity contribution < 1.29 is 0 Å². The van der Waals surface area contributed by atoms with Gasteiger partial charge in [-0.1, -0.05) is 133 Å². The van der Waals surface area contributed by atoms with Gasteiger partial charge in [-0.3, -0.25) is 0 Å². The maximum atomic E-state index is 2.39. The lowest BCUT2D eigenvalue weighted by Crippen LogP contribution is -2.19. The van der Waals surface area contributed by atoms with E-state index in [9.17, 15) is 0 Å². The molecule has 35 heavy (non-hydrogen) atoms. The summed E-state index contributed by atoms with van der Waals surface area (Å²) in [6, 6.07) is 43.9. The fraction of sp³-hybridized carbons (Fsp3) is 0.0286. The van der Waals surface area contributed by atoms with E-state index in [1.54, 1.807) is 0 Å². The average molecular weight is 445 g/mol. The zero-order valence-corrected chi connectivity index (χ0v) is 19.4. The first-order chi connectivity index (χ1) is 17.4. The summed E-state index contributed by atoms with van der Waals surface area (Å²) >= 11 is 0. The Balaban J connectivity index is 1.67. The lowest BCUT2D eigenvalue weighted by molar-refractivity contribution is 1.03. The number of fused-ring (bicyclic) bond motifs is 3. The van der Waals surface area contributed by atoms with E-state index >= 15 is 0 Å². The van der Waals surface area contributed by atoms with Crippen molar-refractivity contribution in [3.63, 3.8) is 0 Å². The molecule has 0 fully saturated rings. The third-order valence-corrected chi connectivity index (χ3v) is 7.34. The molecule has 7 rings (SSSR count). The Labute approximate surface area is 205 Å². The quantitative estimate of drug-likeness (QED) is 0.291. The average Bonchev–Trinajstić information content (AvgIpc) is 3.52. The van der Waals surface area contributed by atoms with Crippen molar-refractivity contribution in [1.29, 1.82) is 0 Å².